The predicted octanol–water partition coefficient (Wildman–Crippen LogP) is 5.01. The van der Waals surface area contributed by atoms with Crippen LogP contribution in [0.4, 0.5) is 5.69 Å². The van der Waals surface area contributed by atoms with Crippen molar-refractivity contribution in [1.82, 2.24) is 10.4 Å². The number of aromatic nitrogens is 1. The second-order valence-corrected chi connectivity index (χ2v) is 10.8. The highest BCUT2D eigenvalue weighted by Crippen LogP contribution is 2.63. The molecule has 1 fully saturated rings. The number of nitrogens with one attached hydrogen (secondary N) is 1. The van der Waals surface area contributed by atoms with Crippen LogP contribution in [0, 0.1) is 18.8 Å². The zero-order chi connectivity index (χ0) is 27.6. The molecule has 0 spiro atoms. The van der Waals surface area contributed by atoms with Crippen molar-refractivity contribution < 1.29 is 14.4 Å². The Balaban J connectivity index is 1.43. The van der Waals surface area contributed by atoms with Crippen LogP contribution >= 0.6 is 11.6 Å². The third kappa shape index (κ3) is 3.27. The Kier molecular flexibility index (Phi) is 5.47. The number of amides is 3. The second-order valence-electron chi connectivity index (χ2n) is 10.4. The van der Waals surface area contributed by atoms with Gasteiger partial charge < -0.3 is 0 Å². The molecular weight excluding hydrogens is 524 g/mol. The minimum Gasteiger partial charge on any atom is -0.274 e. The number of anilines is 1. The molecule has 3 aliphatic carbocycles. The maximum atomic E-state index is 14.5. The Morgan fingerprint density at radius 2 is 1.68 bits per heavy atom. The SMILES string of the molecule is Cc1ccc(Cl)cc1N1C(=O)C2C3c4ccccc4C(/C=N/NC(=O)c4cccnc4)(c4ccccc43)C2C1=O. The summed E-state index contributed by atoms with van der Waals surface area (Å²) in [4.78, 5) is 46.9. The molecule has 2 heterocycles. The molecule has 196 valence electrons. The van der Waals surface area contributed by atoms with E-state index in [2.05, 4.69) is 15.5 Å². The van der Waals surface area contributed by atoms with E-state index in [1.165, 1.54) is 11.1 Å². The quantitative estimate of drug-likeness (QED) is 0.221. The molecule has 1 saturated heterocycles. The minimum atomic E-state index is -1.08. The van der Waals surface area contributed by atoms with Gasteiger partial charge in [0.05, 0.1) is 28.5 Å². The number of carbonyl (C=O) groups excluding carboxylic acids is 3. The van der Waals surface area contributed by atoms with Gasteiger partial charge in [-0.05, 0) is 59.0 Å². The molecule has 2 bridgehead atoms. The molecule has 8 rings (SSSR count). The van der Waals surface area contributed by atoms with Crippen molar-refractivity contribution >= 4 is 41.2 Å². The highest BCUT2D eigenvalue weighted by Gasteiger charge is 2.68. The Hall–Kier alpha value is -4.62. The first-order chi connectivity index (χ1) is 19.4. The minimum absolute atomic E-state index is 0.258. The fourth-order valence-electron chi connectivity index (χ4n) is 6.87. The molecule has 4 aromatic rings. The van der Waals surface area contributed by atoms with Crippen LogP contribution in [-0.2, 0) is 15.0 Å². The number of nitrogens with zero attached hydrogens (tertiary/aromatic N) is 3. The van der Waals surface area contributed by atoms with Crippen molar-refractivity contribution in [1.29, 1.82) is 0 Å². The van der Waals surface area contributed by atoms with Crippen LogP contribution in [0.25, 0.3) is 0 Å². The van der Waals surface area contributed by atoms with Crippen molar-refractivity contribution in [2.75, 3.05) is 4.90 Å². The van der Waals surface area contributed by atoms with Crippen LogP contribution in [0.3, 0.4) is 0 Å². The summed E-state index contributed by atoms with van der Waals surface area (Å²) in [5.74, 6) is -2.68. The van der Waals surface area contributed by atoms with Gasteiger partial charge in [-0.3, -0.25) is 19.4 Å². The molecule has 1 aromatic heterocycles. The zero-order valence-corrected chi connectivity index (χ0v) is 22.2. The number of halogens is 1. The number of hydrogen-bond donors (Lipinski definition) is 1. The van der Waals surface area contributed by atoms with E-state index in [4.69, 9.17) is 11.6 Å². The highest BCUT2D eigenvalue weighted by molar-refractivity contribution is 6.31. The molecule has 7 nitrogen and oxygen atoms in total. The topological polar surface area (TPSA) is 91.7 Å². The Morgan fingerprint density at radius 3 is 2.35 bits per heavy atom. The molecule has 2 atom stereocenters. The lowest BCUT2D eigenvalue weighted by atomic mass is 9.47. The molecule has 3 aromatic carbocycles. The lowest BCUT2D eigenvalue weighted by Crippen LogP contribution is -2.54. The first-order valence-electron chi connectivity index (χ1n) is 13.0. The normalized spacial score (nSPS) is 24.1. The molecule has 40 heavy (non-hydrogen) atoms. The van der Waals surface area contributed by atoms with Crippen LogP contribution in [0.15, 0.2) is 96.4 Å². The molecule has 0 radical (unpaired) electrons. The van der Waals surface area contributed by atoms with E-state index in [1.54, 1.807) is 36.7 Å². The van der Waals surface area contributed by atoms with Crippen molar-refractivity contribution in [3.05, 3.63) is 130 Å². The van der Waals surface area contributed by atoms with E-state index in [9.17, 15) is 14.4 Å². The Bertz CT molecular complexity index is 1700. The monoisotopic (exact) mass is 546 g/mol. The van der Waals surface area contributed by atoms with E-state index >= 15 is 0 Å². The van der Waals surface area contributed by atoms with Gasteiger partial charge in [0.1, 0.15) is 0 Å². The van der Waals surface area contributed by atoms with Gasteiger partial charge >= 0.3 is 0 Å². The van der Waals surface area contributed by atoms with Crippen LogP contribution in [0.5, 0.6) is 0 Å². The van der Waals surface area contributed by atoms with Crippen LogP contribution < -0.4 is 10.3 Å². The lowest BCUT2D eigenvalue weighted by molar-refractivity contribution is -0.122. The molecule has 8 heteroatoms. The van der Waals surface area contributed by atoms with Crippen molar-refractivity contribution in [3.8, 4) is 0 Å². The first-order valence-corrected chi connectivity index (χ1v) is 13.4. The number of hydrogen-bond acceptors (Lipinski definition) is 5. The number of rotatable bonds is 4. The zero-order valence-electron chi connectivity index (χ0n) is 21.4. The summed E-state index contributed by atoms with van der Waals surface area (Å²) in [6.45, 7) is 1.86. The maximum absolute atomic E-state index is 14.5. The van der Waals surface area contributed by atoms with E-state index in [1.807, 2.05) is 61.5 Å². The van der Waals surface area contributed by atoms with Gasteiger partial charge in [0, 0.05) is 29.5 Å². The van der Waals surface area contributed by atoms with E-state index in [0.29, 0.717) is 16.3 Å². The van der Waals surface area contributed by atoms with E-state index in [0.717, 1.165) is 27.8 Å². The number of hydrazone groups is 1. The van der Waals surface area contributed by atoms with Crippen molar-refractivity contribution in [2.45, 2.75) is 18.3 Å². The van der Waals surface area contributed by atoms with Crippen LogP contribution in [-0.4, -0.2) is 28.9 Å². The molecule has 1 N–H and O–H groups in total. The maximum Gasteiger partial charge on any atom is 0.272 e. The molecule has 3 amide bonds. The van der Waals surface area contributed by atoms with Gasteiger partial charge in [0.25, 0.3) is 5.91 Å². The molecular formula is C32H23ClN4O3. The standard InChI is InChI=1S/C32H23ClN4O3/c1-18-12-13-20(33)15-25(18)37-30(39)27-26-21-8-2-4-10-23(21)32(28(27)31(37)40,24-11-5-3-9-22(24)26)17-35-36-29(38)19-7-6-14-34-16-19/h2-17,26-28H,1H3,(H,36,38)/b35-17+. The van der Waals surface area contributed by atoms with Gasteiger partial charge in [-0.15, -0.1) is 0 Å². The van der Waals surface area contributed by atoms with E-state index < -0.39 is 23.2 Å². The summed E-state index contributed by atoms with van der Waals surface area (Å²) < 4.78 is 0. The number of pyridine rings is 1. The van der Waals surface area contributed by atoms with E-state index in [-0.39, 0.29) is 17.7 Å². The summed E-state index contributed by atoms with van der Waals surface area (Å²) in [6.07, 6.45) is 4.69. The smallest absolute Gasteiger partial charge is 0.272 e. The summed E-state index contributed by atoms with van der Waals surface area (Å²) >= 11 is 6.32. The molecule has 0 saturated carbocycles. The Labute approximate surface area is 235 Å². The fraction of sp³-hybridized carbons (Fsp3) is 0.156. The van der Waals surface area contributed by atoms with Crippen molar-refractivity contribution in [3.63, 3.8) is 0 Å². The van der Waals surface area contributed by atoms with Gasteiger partial charge in [0.15, 0.2) is 0 Å². The van der Waals surface area contributed by atoms with Crippen LogP contribution in [0.2, 0.25) is 5.02 Å². The summed E-state index contributed by atoms with van der Waals surface area (Å²) in [5.41, 5.74) is 6.94. The van der Waals surface area contributed by atoms with Crippen LogP contribution in [0.1, 0.15) is 44.1 Å². The summed E-state index contributed by atoms with van der Waals surface area (Å²) in [6, 6.07) is 24.3. The predicted molar refractivity (Wildman–Crippen MR) is 151 cm³/mol. The fourth-order valence-corrected chi connectivity index (χ4v) is 7.03. The third-order valence-electron chi connectivity index (χ3n) is 8.45. The highest BCUT2D eigenvalue weighted by atomic mass is 35.5. The second kappa shape index (κ2) is 8.96. The lowest BCUT2D eigenvalue weighted by Gasteiger charge is -2.52. The summed E-state index contributed by atoms with van der Waals surface area (Å²) in [5, 5.41) is 4.88. The Morgan fingerprint density at radius 1 is 0.975 bits per heavy atom. The first kappa shape index (κ1) is 24.4. The van der Waals surface area contributed by atoms with Crippen molar-refractivity contribution in [2.24, 2.45) is 16.9 Å². The van der Waals surface area contributed by atoms with Gasteiger partial charge in [-0.1, -0.05) is 66.2 Å². The largest absolute Gasteiger partial charge is 0.274 e. The third-order valence-corrected chi connectivity index (χ3v) is 8.69. The number of benzene rings is 3. The molecule has 2 unspecified atom stereocenters. The van der Waals surface area contributed by atoms with Gasteiger partial charge in [-0.25, -0.2) is 10.3 Å². The van der Waals surface area contributed by atoms with Gasteiger partial charge in [-0.2, -0.15) is 5.10 Å². The molecule has 1 aliphatic heterocycles. The average Bonchev–Trinajstić information content (AvgIpc) is 3.25. The number of aryl methyl sites for hydroxylation is 1. The average molecular weight is 547 g/mol. The summed E-state index contributed by atoms with van der Waals surface area (Å²) in [7, 11) is 0. The number of imide groups is 1. The van der Waals surface area contributed by atoms with Gasteiger partial charge in [0.2, 0.25) is 11.8 Å². The number of carbonyl (C=O) groups is 3. The molecule has 4 aliphatic rings.